The van der Waals surface area contributed by atoms with Crippen LogP contribution in [0.5, 0.6) is 0 Å². The molecule has 0 atom stereocenters. The van der Waals surface area contributed by atoms with Gasteiger partial charge in [0.25, 0.3) is 0 Å². The first-order valence-corrected chi connectivity index (χ1v) is 11.2. The number of likely N-dealkylation sites (N-methyl/N-ethyl adjacent to an activating group) is 1. The van der Waals surface area contributed by atoms with E-state index in [4.69, 9.17) is 4.74 Å². The zero-order chi connectivity index (χ0) is 21.8. The maximum Gasteiger partial charge on any atom is 0.223 e. The predicted octanol–water partition coefficient (Wildman–Crippen LogP) is 4.89. The van der Waals surface area contributed by atoms with Gasteiger partial charge >= 0.3 is 0 Å². The number of hydrogen-bond donors (Lipinski definition) is 0. The largest absolute Gasteiger partial charge is 0.378 e. The van der Waals surface area contributed by atoms with Crippen molar-refractivity contribution in [2.75, 3.05) is 32.8 Å². The number of hydrogen-bond acceptors (Lipinski definition) is 3. The molecule has 0 saturated carbocycles. The Morgan fingerprint density at radius 2 is 1.43 bits per heavy atom. The van der Waals surface area contributed by atoms with Gasteiger partial charge in [0, 0.05) is 37.9 Å². The number of nitrogens with zero attached hydrogens (tertiary/aromatic N) is 2. The summed E-state index contributed by atoms with van der Waals surface area (Å²) in [6, 6.07) is 0. The first-order valence-electron chi connectivity index (χ1n) is 11.2. The number of rotatable bonds is 15. The van der Waals surface area contributed by atoms with Gasteiger partial charge in [0.2, 0.25) is 11.8 Å². The van der Waals surface area contributed by atoms with Crippen LogP contribution in [0.2, 0.25) is 0 Å². The Hall–Kier alpha value is -1.10. The fourth-order valence-electron chi connectivity index (χ4n) is 3.57. The molecular weight excluding hydrogens is 352 g/mol. The highest BCUT2D eigenvalue weighted by atomic mass is 16.5. The zero-order valence-electron chi connectivity index (χ0n) is 19.9. The van der Waals surface area contributed by atoms with Crippen LogP contribution in [-0.4, -0.2) is 60.0 Å². The molecule has 0 aliphatic heterocycles. The molecule has 28 heavy (non-hydrogen) atoms. The van der Waals surface area contributed by atoms with E-state index in [1.54, 1.807) is 0 Å². The smallest absolute Gasteiger partial charge is 0.223 e. The van der Waals surface area contributed by atoms with Crippen LogP contribution in [0.25, 0.3) is 0 Å². The summed E-state index contributed by atoms with van der Waals surface area (Å²) in [5, 5.41) is 0. The molecule has 0 fully saturated rings. The van der Waals surface area contributed by atoms with E-state index in [0.29, 0.717) is 39.1 Å². The molecule has 2 amide bonds. The molecule has 0 heterocycles. The van der Waals surface area contributed by atoms with E-state index in [1.807, 2.05) is 30.6 Å². The van der Waals surface area contributed by atoms with Crippen LogP contribution in [0.4, 0.5) is 0 Å². The first-order chi connectivity index (χ1) is 13.0. The Morgan fingerprint density at radius 3 is 1.93 bits per heavy atom. The second-order valence-electron chi connectivity index (χ2n) is 9.22. The van der Waals surface area contributed by atoms with E-state index in [-0.39, 0.29) is 22.8 Å². The van der Waals surface area contributed by atoms with Crippen molar-refractivity contribution >= 4 is 11.8 Å². The lowest BCUT2D eigenvalue weighted by Gasteiger charge is -2.39. The molecule has 0 bridgehead atoms. The highest BCUT2D eigenvalue weighted by Gasteiger charge is 2.31. The van der Waals surface area contributed by atoms with Gasteiger partial charge in [0.1, 0.15) is 0 Å². The lowest BCUT2D eigenvalue weighted by atomic mass is 9.93. The minimum absolute atomic E-state index is 0.128. The van der Waals surface area contributed by atoms with Crippen LogP contribution in [0.15, 0.2) is 0 Å². The van der Waals surface area contributed by atoms with Gasteiger partial charge in [0.05, 0.1) is 18.8 Å². The average molecular weight is 399 g/mol. The van der Waals surface area contributed by atoms with Crippen molar-refractivity contribution in [2.45, 2.75) is 99.5 Å². The van der Waals surface area contributed by atoms with Gasteiger partial charge < -0.3 is 14.5 Å². The maximum absolute atomic E-state index is 12.5. The van der Waals surface area contributed by atoms with Gasteiger partial charge in [-0.1, -0.05) is 40.5 Å². The Bertz CT molecular complexity index is 461. The third-order valence-corrected chi connectivity index (χ3v) is 5.11. The third kappa shape index (κ3) is 9.90. The third-order valence-electron chi connectivity index (χ3n) is 5.11. The van der Waals surface area contributed by atoms with Crippen LogP contribution in [0.3, 0.4) is 0 Å². The molecule has 0 radical (unpaired) electrons. The summed E-state index contributed by atoms with van der Waals surface area (Å²) in [5.74, 6) is 0.430. The second kappa shape index (κ2) is 13.2. The summed E-state index contributed by atoms with van der Waals surface area (Å²) < 4.78 is 6.07. The molecule has 0 aliphatic rings. The van der Waals surface area contributed by atoms with E-state index < -0.39 is 0 Å². The molecule has 0 N–H and O–H groups in total. The summed E-state index contributed by atoms with van der Waals surface area (Å²) in [6.07, 6.45) is 5.28. The Labute approximate surface area is 174 Å². The molecule has 0 aromatic rings. The SMILES string of the molecule is CCCCCC(=O)N(CC)CC(C)(C)COCC(C)(C)N(CC)C(=O)CCC. The van der Waals surface area contributed by atoms with E-state index in [1.165, 1.54) is 0 Å². The highest BCUT2D eigenvalue weighted by molar-refractivity contribution is 5.77. The summed E-state index contributed by atoms with van der Waals surface area (Å²) in [6.45, 7) is 19.8. The summed E-state index contributed by atoms with van der Waals surface area (Å²) in [7, 11) is 0. The number of unbranched alkanes of at least 4 members (excludes halogenated alkanes) is 2. The molecule has 0 aromatic carbocycles. The molecule has 0 aromatic heterocycles. The summed E-state index contributed by atoms with van der Waals surface area (Å²) in [5.41, 5.74) is -0.464. The van der Waals surface area contributed by atoms with Gasteiger partial charge in [-0.3, -0.25) is 9.59 Å². The van der Waals surface area contributed by atoms with Crippen molar-refractivity contribution in [1.82, 2.24) is 9.80 Å². The number of amides is 2. The first kappa shape index (κ1) is 26.9. The molecule has 0 rings (SSSR count). The van der Waals surface area contributed by atoms with Crippen molar-refractivity contribution < 1.29 is 14.3 Å². The molecule has 0 saturated heterocycles. The standard InChI is InChI=1S/C23H46N2O3/c1-9-13-14-16-20(26)24(11-3)17-22(5,6)18-28-19-23(7,8)25(12-4)21(27)15-10-2/h9-19H2,1-8H3. The van der Waals surface area contributed by atoms with Crippen molar-refractivity contribution in [3.63, 3.8) is 0 Å². The fourth-order valence-corrected chi connectivity index (χ4v) is 3.57. The van der Waals surface area contributed by atoms with E-state index in [2.05, 4.69) is 34.6 Å². The predicted molar refractivity (Wildman–Crippen MR) is 117 cm³/mol. The number of carbonyl (C=O) groups excluding carboxylic acids is 2. The molecule has 5 nitrogen and oxygen atoms in total. The van der Waals surface area contributed by atoms with E-state index in [9.17, 15) is 9.59 Å². The lowest BCUT2D eigenvalue weighted by molar-refractivity contribution is -0.140. The minimum atomic E-state index is -0.336. The van der Waals surface area contributed by atoms with Crippen molar-refractivity contribution in [2.24, 2.45) is 5.41 Å². The van der Waals surface area contributed by atoms with Gasteiger partial charge in [-0.05, 0) is 40.5 Å². The fraction of sp³-hybridized carbons (Fsp3) is 0.913. The number of carbonyl (C=O) groups is 2. The topological polar surface area (TPSA) is 49.9 Å². The van der Waals surface area contributed by atoms with Crippen LogP contribution in [0.1, 0.15) is 93.9 Å². The average Bonchev–Trinajstić information content (AvgIpc) is 2.60. The highest BCUT2D eigenvalue weighted by Crippen LogP contribution is 2.22. The Morgan fingerprint density at radius 1 is 0.786 bits per heavy atom. The second-order valence-corrected chi connectivity index (χ2v) is 9.22. The molecule has 0 unspecified atom stereocenters. The van der Waals surface area contributed by atoms with Crippen LogP contribution in [0, 0.1) is 5.41 Å². The summed E-state index contributed by atoms with van der Waals surface area (Å²) >= 11 is 0. The Kier molecular flexibility index (Phi) is 12.7. The molecule has 0 spiro atoms. The van der Waals surface area contributed by atoms with Gasteiger partial charge in [0.15, 0.2) is 0 Å². The van der Waals surface area contributed by atoms with Crippen LogP contribution < -0.4 is 0 Å². The quantitative estimate of drug-likeness (QED) is 0.369. The van der Waals surface area contributed by atoms with Crippen molar-refractivity contribution in [3.8, 4) is 0 Å². The van der Waals surface area contributed by atoms with Crippen molar-refractivity contribution in [3.05, 3.63) is 0 Å². The summed E-state index contributed by atoms with van der Waals surface area (Å²) in [4.78, 5) is 28.7. The normalized spacial score (nSPS) is 12.1. The number of ether oxygens (including phenoxy) is 1. The Balaban J connectivity index is 4.67. The van der Waals surface area contributed by atoms with E-state index >= 15 is 0 Å². The maximum atomic E-state index is 12.5. The monoisotopic (exact) mass is 398 g/mol. The van der Waals surface area contributed by atoms with Crippen molar-refractivity contribution in [1.29, 1.82) is 0 Å². The molecule has 166 valence electrons. The van der Waals surface area contributed by atoms with Gasteiger partial charge in [-0.15, -0.1) is 0 Å². The van der Waals surface area contributed by atoms with Gasteiger partial charge in [-0.2, -0.15) is 0 Å². The molecule has 0 aliphatic carbocycles. The molecular formula is C23H46N2O3. The minimum Gasteiger partial charge on any atom is -0.378 e. The zero-order valence-corrected chi connectivity index (χ0v) is 19.9. The van der Waals surface area contributed by atoms with Crippen LogP contribution in [-0.2, 0) is 14.3 Å². The van der Waals surface area contributed by atoms with Gasteiger partial charge in [-0.25, -0.2) is 0 Å². The van der Waals surface area contributed by atoms with E-state index in [0.717, 1.165) is 32.2 Å². The van der Waals surface area contributed by atoms with Crippen LogP contribution >= 0.6 is 0 Å². The lowest BCUT2D eigenvalue weighted by Crippen LogP contribution is -2.51. The molecule has 5 heteroatoms.